The molecule has 4 rings (SSSR count). The summed E-state index contributed by atoms with van der Waals surface area (Å²) in [6.07, 6.45) is 1.75. The molecule has 11 heteroatoms. The summed E-state index contributed by atoms with van der Waals surface area (Å²) < 4.78 is 30.8. The van der Waals surface area contributed by atoms with Crippen LogP contribution in [0.15, 0.2) is 59.6 Å². The van der Waals surface area contributed by atoms with Gasteiger partial charge in [-0.1, -0.05) is 17.7 Å². The summed E-state index contributed by atoms with van der Waals surface area (Å²) in [6, 6.07) is 13.6. The number of carbonyl (C=O) groups is 2. The Morgan fingerprint density at radius 2 is 1.56 bits per heavy atom. The summed E-state index contributed by atoms with van der Waals surface area (Å²) in [5, 5.41) is 11.4. The van der Waals surface area contributed by atoms with E-state index in [1.54, 1.807) is 35.1 Å². The van der Waals surface area contributed by atoms with E-state index in [1.807, 2.05) is 58.9 Å². The highest BCUT2D eigenvalue weighted by molar-refractivity contribution is 7.89. The van der Waals surface area contributed by atoms with Crippen LogP contribution in [0.1, 0.15) is 46.5 Å². The molecule has 0 bridgehead atoms. The Hall–Kier alpha value is -4.22. The molecule has 5 N–H and O–H groups in total. The highest BCUT2D eigenvalue weighted by atomic mass is 32.2. The number of primary amides is 1. The number of benzene rings is 3. The van der Waals surface area contributed by atoms with Crippen LogP contribution in [-0.4, -0.2) is 48.6 Å². The second kappa shape index (κ2) is 11.7. The molecule has 10 nitrogen and oxygen atoms in total. The van der Waals surface area contributed by atoms with Gasteiger partial charge in [-0.2, -0.15) is 5.10 Å². The van der Waals surface area contributed by atoms with E-state index in [0.29, 0.717) is 10.5 Å². The lowest BCUT2D eigenvalue weighted by molar-refractivity contribution is -0.119. The molecule has 216 valence electrons. The van der Waals surface area contributed by atoms with Gasteiger partial charge in [0.15, 0.2) is 0 Å². The van der Waals surface area contributed by atoms with Gasteiger partial charge in [-0.25, -0.2) is 17.8 Å². The molecule has 1 aromatic heterocycles. The fraction of sp³-hybridized carbons (Fsp3) is 0.300. The van der Waals surface area contributed by atoms with Crippen LogP contribution in [0.4, 0.5) is 5.69 Å². The van der Waals surface area contributed by atoms with E-state index in [-0.39, 0.29) is 12.6 Å². The number of hydrogen-bond donors (Lipinski definition) is 4. The Kier molecular flexibility index (Phi) is 8.50. The average molecular weight is 577 g/mol. The largest absolute Gasteiger partial charge is 0.381 e. The van der Waals surface area contributed by atoms with Crippen molar-refractivity contribution in [1.29, 1.82) is 0 Å². The van der Waals surface area contributed by atoms with Crippen molar-refractivity contribution >= 4 is 38.4 Å². The van der Waals surface area contributed by atoms with Crippen molar-refractivity contribution in [3.05, 3.63) is 82.5 Å². The van der Waals surface area contributed by atoms with Crippen molar-refractivity contribution in [1.82, 2.24) is 19.8 Å². The summed E-state index contributed by atoms with van der Waals surface area (Å²) in [6.45, 7) is 11.2. The Morgan fingerprint density at radius 1 is 0.951 bits per heavy atom. The van der Waals surface area contributed by atoms with Gasteiger partial charge in [0.2, 0.25) is 15.9 Å². The third kappa shape index (κ3) is 6.58. The average Bonchev–Trinajstić information content (AvgIpc) is 3.30. The summed E-state index contributed by atoms with van der Waals surface area (Å²) in [5.41, 5.74) is 11.5. The number of nitrogens with zero attached hydrogens (tertiary/aromatic N) is 2. The summed E-state index contributed by atoms with van der Waals surface area (Å²) in [7, 11) is -3.69. The van der Waals surface area contributed by atoms with Crippen LogP contribution in [-0.2, 0) is 14.8 Å². The first-order valence-electron chi connectivity index (χ1n) is 13.3. The van der Waals surface area contributed by atoms with Gasteiger partial charge in [0.05, 0.1) is 22.3 Å². The van der Waals surface area contributed by atoms with Crippen LogP contribution in [0, 0.1) is 27.7 Å². The Labute approximate surface area is 240 Å². The molecule has 0 aliphatic carbocycles. The van der Waals surface area contributed by atoms with E-state index >= 15 is 0 Å². The molecule has 2 amide bonds. The van der Waals surface area contributed by atoms with Gasteiger partial charge in [-0.3, -0.25) is 9.59 Å². The highest BCUT2D eigenvalue weighted by Gasteiger charge is 2.21. The molecule has 2 atom stereocenters. The Bertz CT molecular complexity index is 1700. The lowest BCUT2D eigenvalue weighted by atomic mass is 10.1. The van der Waals surface area contributed by atoms with Crippen molar-refractivity contribution < 1.29 is 18.0 Å². The zero-order valence-electron chi connectivity index (χ0n) is 24.1. The number of sulfonamides is 1. The second-order valence-electron chi connectivity index (χ2n) is 10.6. The fourth-order valence-electron chi connectivity index (χ4n) is 4.91. The molecule has 0 saturated carbocycles. The maximum absolute atomic E-state index is 13.1. The zero-order valence-corrected chi connectivity index (χ0v) is 24.9. The molecule has 4 aromatic rings. The van der Waals surface area contributed by atoms with E-state index in [0.717, 1.165) is 44.5 Å². The minimum absolute atomic E-state index is 0.191. The van der Waals surface area contributed by atoms with Crippen LogP contribution in [0.3, 0.4) is 0 Å². The van der Waals surface area contributed by atoms with Gasteiger partial charge in [0.25, 0.3) is 5.91 Å². The number of nitrogens with two attached hydrogens (primary N) is 1. The zero-order chi connectivity index (χ0) is 30.1. The van der Waals surface area contributed by atoms with Crippen LogP contribution < -0.4 is 21.1 Å². The van der Waals surface area contributed by atoms with E-state index < -0.39 is 27.9 Å². The van der Waals surface area contributed by atoms with Crippen LogP contribution in [0.25, 0.3) is 16.6 Å². The smallest absolute Gasteiger partial charge is 0.251 e. The molecule has 1 heterocycles. The number of amides is 2. The van der Waals surface area contributed by atoms with Gasteiger partial charge in [0.1, 0.15) is 6.04 Å². The van der Waals surface area contributed by atoms with Crippen molar-refractivity contribution in [2.75, 3.05) is 11.9 Å². The standard InChI is InChI=1S/C30H36N6O4S/c1-17-11-19(3)28(20(4)12-17)41(39,40)33-15-21(5)34-26-13-18(2)14-27-25(26)16-32-36(27)24-9-7-23(8-10-24)30(38)35-22(6)29(31)37/h7-14,16,21-22,33-34H,15H2,1-6H3,(H2,31,37)(H,35,38)/t21-,22?/m1/s1. The number of rotatable bonds is 10. The maximum atomic E-state index is 13.1. The predicted molar refractivity (Wildman–Crippen MR) is 161 cm³/mol. The monoisotopic (exact) mass is 576 g/mol. The number of anilines is 1. The highest BCUT2D eigenvalue weighted by Crippen LogP contribution is 2.28. The minimum atomic E-state index is -3.69. The van der Waals surface area contributed by atoms with Gasteiger partial charge < -0.3 is 16.4 Å². The fourth-order valence-corrected chi connectivity index (χ4v) is 6.49. The van der Waals surface area contributed by atoms with Crippen LogP contribution in [0.5, 0.6) is 0 Å². The number of nitrogens with one attached hydrogen (secondary N) is 3. The van der Waals surface area contributed by atoms with Gasteiger partial charge in [-0.05, 0) is 94.6 Å². The lowest BCUT2D eigenvalue weighted by Gasteiger charge is -2.19. The molecule has 1 unspecified atom stereocenters. The first-order valence-corrected chi connectivity index (χ1v) is 14.8. The molecular weight excluding hydrogens is 540 g/mol. The predicted octanol–water partition coefficient (Wildman–Crippen LogP) is 3.64. The first-order chi connectivity index (χ1) is 19.3. The Balaban J connectivity index is 1.52. The van der Waals surface area contributed by atoms with Gasteiger partial charge >= 0.3 is 0 Å². The molecule has 41 heavy (non-hydrogen) atoms. The quantitative estimate of drug-likeness (QED) is 0.227. The number of aromatic nitrogens is 2. The molecular formula is C30H36N6O4S. The maximum Gasteiger partial charge on any atom is 0.251 e. The van der Waals surface area contributed by atoms with E-state index in [1.165, 1.54) is 6.92 Å². The molecule has 0 radical (unpaired) electrons. The Morgan fingerprint density at radius 3 is 2.17 bits per heavy atom. The van der Waals surface area contributed by atoms with Gasteiger partial charge in [-0.15, -0.1) is 0 Å². The van der Waals surface area contributed by atoms with Crippen molar-refractivity contribution in [3.8, 4) is 5.69 Å². The first kappa shape index (κ1) is 29.8. The van der Waals surface area contributed by atoms with Crippen molar-refractivity contribution in [3.63, 3.8) is 0 Å². The lowest BCUT2D eigenvalue weighted by Crippen LogP contribution is -2.42. The molecule has 0 aliphatic heterocycles. The molecule has 3 aromatic carbocycles. The van der Waals surface area contributed by atoms with Crippen molar-refractivity contribution in [2.45, 2.75) is 58.5 Å². The van der Waals surface area contributed by atoms with Crippen LogP contribution >= 0.6 is 0 Å². The SMILES string of the molecule is Cc1cc(C)c(S(=O)(=O)NC[C@@H](C)Nc2cc(C)cc3c2cnn3-c2ccc(C(=O)NC(C)C(N)=O)cc2)c(C)c1. The third-order valence-corrected chi connectivity index (χ3v) is 8.56. The molecule has 0 fully saturated rings. The van der Waals surface area contributed by atoms with Crippen LogP contribution in [0.2, 0.25) is 0 Å². The third-order valence-electron chi connectivity index (χ3n) is 6.84. The number of fused-ring (bicyclic) bond motifs is 1. The van der Waals surface area contributed by atoms with E-state index in [9.17, 15) is 18.0 Å². The normalized spacial score (nSPS) is 13.1. The minimum Gasteiger partial charge on any atom is -0.381 e. The molecule has 0 aliphatic rings. The second-order valence-corrected chi connectivity index (χ2v) is 12.3. The van der Waals surface area contributed by atoms with Gasteiger partial charge in [0, 0.05) is 29.2 Å². The van der Waals surface area contributed by atoms with E-state index in [2.05, 4.69) is 20.5 Å². The molecule has 0 saturated heterocycles. The number of carbonyl (C=O) groups excluding carboxylic acids is 2. The summed E-state index contributed by atoms with van der Waals surface area (Å²) in [5.74, 6) is -1.01. The van der Waals surface area contributed by atoms with Crippen molar-refractivity contribution in [2.24, 2.45) is 5.73 Å². The van der Waals surface area contributed by atoms with E-state index in [4.69, 9.17) is 5.73 Å². The number of aryl methyl sites for hydroxylation is 4. The number of hydrogen-bond acceptors (Lipinski definition) is 6. The summed E-state index contributed by atoms with van der Waals surface area (Å²) in [4.78, 5) is 24.0. The summed E-state index contributed by atoms with van der Waals surface area (Å²) >= 11 is 0. The topological polar surface area (TPSA) is 148 Å². The molecule has 0 spiro atoms.